The van der Waals surface area contributed by atoms with Crippen molar-refractivity contribution in [3.63, 3.8) is 0 Å². The van der Waals surface area contributed by atoms with Gasteiger partial charge in [0.15, 0.2) is 0 Å². The molecule has 0 spiro atoms. The van der Waals surface area contributed by atoms with Crippen LogP contribution in [0, 0.1) is 11.8 Å². The summed E-state index contributed by atoms with van der Waals surface area (Å²) in [6.45, 7) is 12.2. The number of hydrogen-bond acceptors (Lipinski definition) is 3. The Balaban J connectivity index is 0.000000683. The number of benzene rings is 2. The van der Waals surface area contributed by atoms with Gasteiger partial charge in [-0.15, -0.1) is 0 Å². The van der Waals surface area contributed by atoms with Gasteiger partial charge in [0, 0.05) is 74.0 Å². The largest absolute Gasteiger partial charge is 0.465 e. The normalized spacial score (nSPS) is 22.9. The quantitative estimate of drug-likeness (QED) is 0.173. The van der Waals surface area contributed by atoms with Crippen LogP contribution in [-0.4, -0.2) is 62.3 Å². The van der Waals surface area contributed by atoms with Gasteiger partial charge in [-0.3, -0.25) is 4.79 Å². The molecule has 4 unspecified atom stereocenters. The first-order chi connectivity index (χ1) is 21.7. The molecule has 7 heteroatoms. The zero-order valence-corrected chi connectivity index (χ0v) is 34.2. The maximum atomic E-state index is 11.0. The van der Waals surface area contributed by atoms with E-state index in [-0.39, 0.29) is 47.5 Å². The van der Waals surface area contributed by atoms with Gasteiger partial charge in [-0.2, -0.15) is 0 Å². The Morgan fingerprint density at radius 2 is 0.938 bits per heavy atom. The van der Waals surface area contributed by atoms with Crippen LogP contribution < -0.4 is 10.6 Å². The van der Waals surface area contributed by atoms with Crippen LogP contribution in [0.25, 0.3) is 0 Å². The monoisotopic (exact) mass is 784 g/mol. The second kappa shape index (κ2) is 25.7. The van der Waals surface area contributed by atoms with E-state index in [0.29, 0.717) is 30.7 Å². The number of ether oxygens (including phenoxy) is 1. The molecule has 1 N–H and O–H groups in total. The zero-order chi connectivity index (χ0) is 32.5. The summed E-state index contributed by atoms with van der Waals surface area (Å²) < 4.78 is 5.27. The molecule has 2 aromatic carbocycles. The van der Waals surface area contributed by atoms with Crippen molar-refractivity contribution in [1.29, 1.82) is 0 Å². The van der Waals surface area contributed by atoms with Crippen LogP contribution in [-0.2, 0) is 43.7 Å². The van der Waals surface area contributed by atoms with Crippen molar-refractivity contribution in [2.24, 2.45) is 11.8 Å². The fraction of sp³-hybridized carbons (Fsp3) is 0.683. The maximum Gasteiger partial charge on any atom is 0.302 e. The summed E-state index contributed by atoms with van der Waals surface area (Å²) in [5, 5.41) is 12.5. The third-order valence-corrected chi connectivity index (χ3v) is 18.9. The first-order valence-corrected chi connectivity index (χ1v) is 23.7. The number of aliphatic hydroxyl groups excluding tert-OH is 1. The SMILES string of the molecule is C.C1CCCC1.C1CCCC1.CC(=O)OCC1CCCC1[P+](C)(C)c1ccccc1.C[P+](C)(c1ccccc1)C1CCCC1CO.[Fe].[Fe]. The molecule has 0 amide bonds. The van der Waals surface area contributed by atoms with Crippen LogP contribution in [0.15, 0.2) is 60.7 Å². The Labute approximate surface area is 319 Å². The van der Waals surface area contributed by atoms with E-state index in [9.17, 15) is 9.90 Å². The second-order valence-corrected chi connectivity index (χ2v) is 23.3. The molecule has 0 aliphatic heterocycles. The van der Waals surface area contributed by atoms with E-state index in [1.54, 1.807) is 0 Å². The molecule has 3 nitrogen and oxygen atoms in total. The van der Waals surface area contributed by atoms with Gasteiger partial charge in [0.1, 0.15) is 0 Å². The molecule has 4 saturated carbocycles. The van der Waals surface area contributed by atoms with Crippen LogP contribution in [0.5, 0.6) is 0 Å². The molecule has 0 heterocycles. The summed E-state index contributed by atoms with van der Waals surface area (Å²) in [6, 6.07) is 21.8. The number of carbonyl (C=O) groups excluding carboxylic acids is 1. The van der Waals surface area contributed by atoms with Crippen molar-refractivity contribution in [1.82, 2.24) is 0 Å². The molecule has 4 atom stereocenters. The smallest absolute Gasteiger partial charge is 0.302 e. The fourth-order valence-electron chi connectivity index (χ4n) is 8.14. The number of hydrogen-bond donors (Lipinski definition) is 1. The number of carbonyl (C=O) groups is 1. The maximum absolute atomic E-state index is 11.0. The first kappa shape index (κ1) is 47.8. The topological polar surface area (TPSA) is 46.5 Å². The summed E-state index contributed by atoms with van der Waals surface area (Å²) in [7, 11) is -2.23. The van der Waals surface area contributed by atoms with E-state index in [2.05, 4.69) is 87.3 Å². The van der Waals surface area contributed by atoms with Gasteiger partial charge in [0.05, 0.1) is 55.2 Å². The van der Waals surface area contributed by atoms with Gasteiger partial charge in [-0.1, -0.05) is 108 Å². The van der Waals surface area contributed by atoms with E-state index in [4.69, 9.17) is 4.74 Å². The Morgan fingerprint density at radius 1 is 0.604 bits per heavy atom. The van der Waals surface area contributed by atoms with Crippen LogP contribution in [0.1, 0.15) is 117 Å². The fourth-order valence-corrected chi connectivity index (χ4v) is 15.0. The Morgan fingerprint density at radius 3 is 1.27 bits per heavy atom. The summed E-state index contributed by atoms with van der Waals surface area (Å²) in [4.78, 5) is 11.0. The van der Waals surface area contributed by atoms with Crippen LogP contribution in [0.3, 0.4) is 0 Å². The molecule has 0 aromatic heterocycles. The summed E-state index contributed by atoms with van der Waals surface area (Å²) in [5.74, 6) is 0.942. The van der Waals surface area contributed by atoms with Gasteiger partial charge in [0.25, 0.3) is 0 Å². The molecular weight excluding hydrogens is 714 g/mol. The molecule has 6 rings (SSSR count). The summed E-state index contributed by atoms with van der Waals surface area (Å²) >= 11 is 0. The number of aliphatic hydroxyl groups is 1. The van der Waals surface area contributed by atoms with E-state index < -0.39 is 14.5 Å². The van der Waals surface area contributed by atoms with Crippen LogP contribution in [0.4, 0.5) is 0 Å². The molecule has 0 bridgehead atoms. The van der Waals surface area contributed by atoms with Crippen LogP contribution in [0.2, 0.25) is 0 Å². The average Bonchev–Trinajstić information content (AvgIpc) is 3.90. The van der Waals surface area contributed by atoms with Crippen molar-refractivity contribution in [2.45, 2.75) is 128 Å². The molecule has 4 fully saturated rings. The average molecular weight is 785 g/mol. The third kappa shape index (κ3) is 15.6. The Kier molecular flexibility index (Phi) is 25.6. The minimum Gasteiger partial charge on any atom is -0.465 e. The molecule has 2 aromatic rings. The van der Waals surface area contributed by atoms with Crippen molar-refractivity contribution in [2.75, 3.05) is 39.9 Å². The predicted molar refractivity (Wildman–Crippen MR) is 209 cm³/mol. The summed E-state index contributed by atoms with van der Waals surface area (Å²) in [5.41, 5.74) is 1.44. The molecular formula is C41H70Fe2O3P2+2. The van der Waals surface area contributed by atoms with Crippen molar-refractivity contribution < 1.29 is 48.8 Å². The molecule has 0 radical (unpaired) electrons. The third-order valence-electron chi connectivity index (χ3n) is 11.0. The van der Waals surface area contributed by atoms with Gasteiger partial charge >= 0.3 is 5.97 Å². The Bertz CT molecular complexity index is 1050. The van der Waals surface area contributed by atoms with Gasteiger partial charge in [0.2, 0.25) is 0 Å². The standard InChI is InChI=1S/C16H24O2P.C14H22OP.2C5H10.CH4.2Fe/c1-13(17)18-12-14-8-7-11-16(14)19(2,3)15-9-5-4-6-10-15;1-16(2,13-8-4-3-5-9-13)14-10-6-7-12(14)11-15;2*1-2-4-5-3-1;;;/h4-6,9-10,14,16H,7-8,11-12H2,1-3H3;3-5,8-9,12,14-15H,6-7,10-11H2,1-2H3;2*1-5H2;1H4;;/q2*+1;;;;;. The minimum absolute atomic E-state index is 0. The Hall–Kier alpha value is -0.231. The zero-order valence-electron chi connectivity index (χ0n) is 30.2. The van der Waals surface area contributed by atoms with E-state index in [1.807, 2.05) is 0 Å². The van der Waals surface area contributed by atoms with E-state index >= 15 is 0 Å². The number of rotatable bonds is 7. The van der Waals surface area contributed by atoms with E-state index in [0.717, 1.165) is 5.66 Å². The van der Waals surface area contributed by atoms with Gasteiger partial charge < -0.3 is 9.84 Å². The van der Waals surface area contributed by atoms with Crippen molar-refractivity contribution in [3.8, 4) is 0 Å². The molecule has 4 aliphatic rings. The van der Waals surface area contributed by atoms with Crippen molar-refractivity contribution >= 4 is 31.1 Å². The molecule has 276 valence electrons. The van der Waals surface area contributed by atoms with Gasteiger partial charge in [-0.05, 0) is 62.8 Å². The van der Waals surface area contributed by atoms with Crippen LogP contribution >= 0.6 is 14.5 Å². The molecule has 4 aliphatic carbocycles. The van der Waals surface area contributed by atoms with Crippen molar-refractivity contribution in [3.05, 3.63) is 60.7 Å². The minimum atomic E-state index is -1.15. The first-order valence-electron chi connectivity index (χ1n) is 18.2. The second-order valence-electron chi connectivity index (χ2n) is 14.8. The number of esters is 1. The van der Waals surface area contributed by atoms with Gasteiger partial charge in [-0.25, -0.2) is 0 Å². The molecule has 48 heavy (non-hydrogen) atoms. The summed E-state index contributed by atoms with van der Waals surface area (Å²) in [6.07, 6.45) is 22.6. The van der Waals surface area contributed by atoms with E-state index in [1.165, 1.54) is 120 Å². The predicted octanol–water partition coefficient (Wildman–Crippen LogP) is 10.6. The molecule has 0 saturated heterocycles.